The van der Waals surface area contributed by atoms with Gasteiger partial charge in [0.15, 0.2) is 11.3 Å². The van der Waals surface area contributed by atoms with Gasteiger partial charge in [0.05, 0.1) is 10.0 Å². The smallest absolute Gasteiger partial charge is 0.246 e. The third-order valence-corrected chi connectivity index (χ3v) is 3.20. The molecule has 94 valence electrons. The molecular formula is C14H7Cl2NO2. The average molecular weight is 292 g/mol. The molecule has 3 aromatic rings. The molecule has 0 N–H and O–H groups in total. The van der Waals surface area contributed by atoms with Gasteiger partial charge in [0.2, 0.25) is 5.78 Å². The maximum Gasteiger partial charge on any atom is 0.246 e. The highest BCUT2D eigenvalue weighted by Gasteiger charge is 2.16. The Bertz CT molecular complexity index is 763. The molecule has 0 spiro atoms. The van der Waals surface area contributed by atoms with Crippen LogP contribution in [0.4, 0.5) is 0 Å². The second-order valence-corrected chi connectivity index (χ2v) is 4.80. The summed E-state index contributed by atoms with van der Waals surface area (Å²) in [7, 11) is 0. The first-order valence-electron chi connectivity index (χ1n) is 5.49. The van der Waals surface area contributed by atoms with Crippen molar-refractivity contribution in [1.29, 1.82) is 0 Å². The van der Waals surface area contributed by atoms with Crippen LogP contribution in [-0.4, -0.2) is 10.8 Å². The summed E-state index contributed by atoms with van der Waals surface area (Å²) < 4.78 is 5.49. The molecule has 0 unspecified atom stereocenters. The summed E-state index contributed by atoms with van der Waals surface area (Å²) in [6.07, 6.45) is 1.42. The topological polar surface area (TPSA) is 43.1 Å². The maximum absolute atomic E-state index is 12.2. The van der Waals surface area contributed by atoms with E-state index in [4.69, 9.17) is 27.6 Å². The molecule has 0 amide bonds. The predicted octanol–water partition coefficient (Wildman–Crippen LogP) is 4.37. The van der Waals surface area contributed by atoms with E-state index >= 15 is 0 Å². The van der Waals surface area contributed by atoms with Crippen LogP contribution in [0.15, 0.2) is 47.0 Å². The van der Waals surface area contributed by atoms with Crippen molar-refractivity contribution in [3.63, 3.8) is 0 Å². The number of carbonyl (C=O) groups is 1. The van der Waals surface area contributed by atoms with Crippen LogP contribution < -0.4 is 0 Å². The Kier molecular flexibility index (Phi) is 3.01. The number of aromatic nitrogens is 1. The Morgan fingerprint density at radius 1 is 1.16 bits per heavy atom. The van der Waals surface area contributed by atoms with Gasteiger partial charge >= 0.3 is 0 Å². The third-order valence-electron chi connectivity index (χ3n) is 2.68. The Balaban J connectivity index is 2.06. The minimum absolute atomic E-state index is 0.206. The van der Waals surface area contributed by atoms with Crippen LogP contribution in [0.2, 0.25) is 10.0 Å². The van der Waals surface area contributed by atoms with Gasteiger partial charge < -0.3 is 4.42 Å². The second-order valence-electron chi connectivity index (χ2n) is 3.96. The number of fused-ring (bicyclic) bond motifs is 1. The summed E-state index contributed by atoms with van der Waals surface area (Å²) in [5, 5.41) is 1.73. The van der Waals surface area contributed by atoms with E-state index in [1.807, 2.05) is 6.07 Å². The van der Waals surface area contributed by atoms with Crippen LogP contribution in [0.1, 0.15) is 16.2 Å². The van der Waals surface area contributed by atoms with Crippen molar-refractivity contribution in [1.82, 2.24) is 4.98 Å². The first kappa shape index (κ1) is 12.2. The monoisotopic (exact) mass is 291 g/mol. The third kappa shape index (κ3) is 2.23. The van der Waals surface area contributed by atoms with E-state index in [1.54, 1.807) is 30.3 Å². The first-order valence-corrected chi connectivity index (χ1v) is 6.25. The van der Waals surface area contributed by atoms with Crippen LogP contribution in [-0.2, 0) is 0 Å². The normalized spacial score (nSPS) is 10.8. The first-order chi connectivity index (χ1) is 9.15. The maximum atomic E-state index is 12.2. The number of benzene rings is 1. The molecule has 0 fully saturated rings. The number of pyridine rings is 1. The summed E-state index contributed by atoms with van der Waals surface area (Å²) in [6.45, 7) is 0. The molecule has 0 aliphatic heterocycles. The molecule has 0 bridgehead atoms. The van der Waals surface area contributed by atoms with Crippen LogP contribution >= 0.6 is 23.2 Å². The summed E-state index contributed by atoms with van der Waals surface area (Å²) in [4.78, 5) is 16.2. The molecular weight excluding hydrogens is 285 g/mol. The molecule has 0 radical (unpaired) electrons. The number of halogens is 2. The van der Waals surface area contributed by atoms with E-state index in [-0.39, 0.29) is 17.2 Å². The lowest BCUT2D eigenvalue weighted by molar-refractivity contribution is 0.101. The van der Waals surface area contributed by atoms with Crippen molar-refractivity contribution in [3.05, 3.63) is 64.1 Å². The number of para-hydroxylation sites is 1. The highest BCUT2D eigenvalue weighted by molar-refractivity contribution is 6.35. The van der Waals surface area contributed by atoms with E-state index in [0.29, 0.717) is 15.6 Å². The zero-order chi connectivity index (χ0) is 13.4. The summed E-state index contributed by atoms with van der Waals surface area (Å²) in [5.41, 5.74) is 0.779. The van der Waals surface area contributed by atoms with Crippen molar-refractivity contribution < 1.29 is 9.21 Å². The number of rotatable bonds is 2. The van der Waals surface area contributed by atoms with Gasteiger partial charge in [-0.1, -0.05) is 35.3 Å². The SMILES string of the molecule is O=C(c1ccc(Cl)cn1)c1cc2cccc(Cl)c2o1. The van der Waals surface area contributed by atoms with Gasteiger partial charge in [0.1, 0.15) is 5.69 Å². The summed E-state index contributed by atoms with van der Waals surface area (Å²) >= 11 is 11.7. The number of furan rings is 1. The number of ketones is 1. The van der Waals surface area contributed by atoms with Gasteiger partial charge in [-0.3, -0.25) is 9.78 Å². The predicted molar refractivity (Wildman–Crippen MR) is 73.9 cm³/mol. The largest absolute Gasteiger partial charge is 0.451 e. The molecule has 0 saturated heterocycles. The van der Waals surface area contributed by atoms with E-state index in [2.05, 4.69) is 4.98 Å². The minimum Gasteiger partial charge on any atom is -0.451 e. The molecule has 19 heavy (non-hydrogen) atoms. The molecule has 3 rings (SSSR count). The number of hydrogen-bond acceptors (Lipinski definition) is 3. The fraction of sp³-hybridized carbons (Fsp3) is 0. The van der Waals surface area contributed by atoms with E-state index in [0.717, 1.165) is 5.39 Å². The fourth-order valence-electron chi connectivity index (χ4n) is 1.78. The van der Waals surface area contributed by atoms with Crippen LogP contribution in [0.5, 0.6) is 0 Å². The van der Waals surface area contributed by atoms with Crippen molar-refractivity contribution >= 4 is 40.0 Å². The zero-order valence-electron chi connectivity index (χ0n) is 9.56. The Hall–Kier alpha value is -1.84. The Morgan fingerprint density at radius 3 is 2.68 bits per heavy atom. The Labute approximate surface area is 118 Å². The molecule has 0 aliphatic rings. The van der Waals surface area contributed by atoms with Gasteiger partial charge in [0, 0.05) is 11.6 Å². The fourth-order valence-corrected chi connectivity index (χ4v) is 2.11. The molecule has 3 nitrogen and oxygen atoms in total. The van der Waals surface area contributed by atoms with Crippen molar-refractivity contribution in [2.45, 2.75) is 0 Å². The van der Waals surface area contributed by atoms with Crippen LogP contribution in [0.3, 0.4) is 0 Å². The second kappa shape index (κ2) is 4.68. The molecule has 0 saturated carbocycles. The molecule has 0 atom stereocenters. The molecule has 2 aromatic heterocycles. The molecule has 1 aromatic carbocycles. The van der Waals surface area contributed by atoms with Crippen LogP contribution in [0, 0.1) is 0 Å². The molecule has 0 aliphatic carbocycles. The van der Waals surface area contributed by atoms with Gasteiger partial charge in [-0.05, 0) is 24.3 Å². The lowest BCUT2D eigenvalue weighted by atomic mass is 10.2. The van der Waals surface area contributed by atoms with Gasteiger partial charge in [-0.2, -0.15) is 0 Å². The van der Waals surface area contributed by atoms with E-state index < -0.39 is 0 Å². The van der Waals surface area contributed by atoms with Crippen LogP contribution in [0.25, 0.3) is 11.0 Å². The van der Waals surface area contributed by atoms with Gasteiger partial charge in [-0.15, -0.1) is 0 Å². The van der Waals surface area contributed by atoms with E-state index in [9.17, 15) is 4.79 Å². The van der Waals surface area contributed by atoms with Gasteiger partial charge in [-0.25, -0.2) is 0 Å². The minimum atomic E-state index is -0.302. The quantitative estimate of drug-likeness (QED) is 0.659. The Morgan fingerprint density at radius 2 is 2.00 bits per heavy atom. The van der Waals surface area contributed by atoms with Gasteiger partial charge in [0.25, 0.3) is 0 Å². The zero-order valence-corrected chi connectivity index (χ0v) is 11.1. The summed E-state index contributed by atoms with van der Waals surface area (Å²) in [6, 6.07) is 10.2. The summed E-state index contributed by atoms with van der Waals surface area (Å²) in [5.74, 6) is -0.0955. The van der Waals surface area contributed by atoms with E-state index in [1.165, 1.54) is 6.20 Å². The highest BCUT2D eigenvalue weighted by Crippen LogP contribution is 2.27. The lowest BCUT2D eigenvalue weighted by Gasteiger charge is -1.96. The number of hydrogen-bond donors (Lipinski definition) is 0. The van der Waals surface area contributed by atoms with Crippen molar-refractivity contribution in [2.75, 3.05) is 0 Å². The highest BCUT2D eigenvalue weighted by atomic mass is 35.5. The molecule has 2 heterocycles. The molecule has 5 heteroatoms. The van der Waals surface area contributed by atoms with Crippen molar-refractivity contribution in [3.8, 4) is 0 Å². The lowest BCUT2D eigenvalue weighted by Crippen LogP contribution is -2.01. The van der Waals surface area contributed by atoms with Crippen molar-refractivity contribution in [2.24, 2.45) is 0 Å². The average Bonchev–Trinajstić information content (AvgIpc) is 2.84. The standard InChI is InChI=1S/C14H7Cl2NO2/c15-9-4-5-11(17-7-9)13(18)12-6-8-2-1-3-10(16)14(8)19-12/h1-7H. The number of carbonyl (C=O) groups excluding carboxylic acids is 1. The number of nitrogens with zero attached hydrogens (tertiary/aromatic N) is 1.